The number of aromatic nitrogens is 2. The Morgan fingerprint density at radius 1 is 1.27 bits per heavy atom. The van der Waals surface area contributed by atoms with Crippen molar-refractivity contribution in [1.29, 1.82) is 0 Å². The Balaban J connectivity index is 1.44. The summed E-state index contributed by atoms with van der Waals surface area (Å²) in [7, 11) is 0. The average Bonchev–Trinajstić information content (AvgIpc) is 2.66. The molecule has 3 rings (SSSR count). The Hall–Kier alpha value is -1.77. The van der Waals surface area contributed by atoms with E-state index >= 15 is 0 Å². The molecule has 0 spiro atoms. The van der Waals surface area contributed by atoms with Crippen LogP contribution in [0.15, 0.2) is 33.8 Å². The van der Waals surface area contributed by atoms with E-state index in [9.17, 15) is 9.59 Å². The Morgan fingerprint density at radius 2 is 2.08 bits per heavy atom. The van der Waals surface area contributed by atoms with Crippen molar-refractivity contribution in [2.75, 3.05) is 39.4 Å². The van der Waals surface area contributed by atoms with Gasteiger partial charge in [-0.2, -0.15) is 0 Å². The number of aryl methyl sites for hydroxylation is 1. The Kier molecular flexibility index (Phi) is 6.76. The minimum atomic E-state index is -0.128. The summed E-state index contributed by atoms with van der Waals surface area (Å²) in [5, 5.41) is 3.47. The van der Waals surface area contributed by atoms with Crippen molar-refractivity contribution in [1.82, 2.24) is 19.8 Å². The molecule has 8 heteroatoms. The number of rotatable bonds is 7. The highest BCUT2D eigenvalue weighted by atomic mass is 79.9. The first-order valence-electron chi connectivity index (χ1n) is 8.85. The zero-order valence-electron chi connectivity index (χ0n) is 14.6. The van der Waals surface area contributed by atoms with Gasteiger partial charge in [0.05, 0.1) is 30.4 Å². The molecule has 2 heterocycles. The summed E-state index contributed by atoms with van der Waals surface area (Å²) < 4.78 is 7.64. The van der Waals surface area contributed by atoms with Gasteiger partial charge in [0.2, 0.25) is 5.91 Å². The molecule has 7 nitrogen and oxygen atoms in total. The van der Waals surface area contributed by atoms with Crippen LogP contribution in [-0.2, 0) is 16.1 Å². The second-order valence-corrected chi connectivity index (χ2v) is 7.23. The molecular formula is C18H23BrN4O3. The fraction of sp³-hybridized carbons (Fsp3) is 0.500. The number of nitrogens with one attached hydrogen (secondary N) is 1. The lowest BCUT2D eigenvalue weighted by molar-refractivity contribution is -0.121. The lowest BCUT2D eigenvalue weighted by Gasteiger charge is -2.26. The highest BCUT2D eigenvalue weighted by Gasteiger charge is 2.10. The fourth-order valence-electron chi connectivity index (χ4n) is 2.96. The third-order valence-corrected chi connectivity index (χ3v) is 4.94. The van der Waals surface area contributed by atoms with Gasteiger partial charge >= 0.3 is 0 Å². The molecular weight excluding hydrogens is 400 g/mol. The quantitative estimate of drug-likeness (QED) is 0.682. The molecule has 1 aliphatic rings. The highest BCUT2D eigenvalue weighted by molar-refractivity contribution is 9.10. The predicted octanol–water partition coefficient (Wildman–Crippen LogP) is 1.39. The van der Waals surface area contributed by atoms with E-state index in [1.54, 1.807) is 12.1 Å². The van der Waals surface area contributed by atoms with E-state index in [-0.39, 0.29) is 17.9 Å². The minimum Gasteiger partial charge on any atom is -0.379 e. The van der Waals surface area contributed by atoms with Crippen molar-refractivity contribution in [2.24, 2.45) is 0 Å². The molecule has 1 fully saturated rings. The third kappa shape index (κ3) is 5.12. The molecule has 140 valence electrons. The maximum Gasteiger partial charge on any atom is 0.261 e. The van der Waals surface area contributed by atoms with Crippen molar-refractivity contribution in [3.63, 3.8) is 0 Å². The van der Waals surface area contributed by atoms with Gasteiger partial charge in [-0.25, -0.2) is 4.98 Å². The van der Waals surface area contributed by atoms with Crippen molar-refractivity contribution in [2.45, 2.75) is 19.4 Å². The van der Waals surface area contributed by atoms with E-state index in [2.05, 4.69) is 31.1 Å². The molecule has 1 aromatic carbocycles. The van der Waals surface area contributed by atoms with Crippen LogP contribution in [0.5, 0.6) is 0 Å². The smallest absolute Gasteiger partial charge is 0.261 e. The number of hydrogen-bond acceptors (Lipinski definition) is 5. The molecule has 1 aliphatic heterocycles. The first kappa shape index (κ1) is 19.0. The van der Waals surface area contributed by atoms with E-state index in [0.29, 0.717) is 24.0 Å². The van der Waals surface area contributed by atoms with E-state index in [0.717, 1.165) is 43.7 Å². The zero-order chi connectivity index (χ0) is 18.4. The topological polar surface area (TPSA) is 76.5 Å². The van der Waals surface area contributed by atoms with Gasteiger partial charge < -0.3 is 10.1 Å². The van der Waals surface area contributed by atoms with Crippen LogP contribution in [-0.4, -0.2) is 59.8 Å². The van der Waals surface area contributed by atoms with Crippen LogP contribution in [0, 0.1) is 0 Å². The van der Waals surface area contributed by atoms with E-state index < -0.39 is 0 Å². The third-order valence-electron chi connectivity index (χ3n) is 4.44. The highest BCUT2D eigenvalue weighted by Crippen LogP contribution is 2.14. The van der Waals surface area contributed by atoms with Crippen LogP contribution in [0.2, 0.25) is 0 Å². The van der Waals surface area contributed by atoms with Gasteiger partial charge in [0.25, 0.3) is 5.56 Å². The number of carbonyl (C=O) groups is 1. The number of ether oxygens (including phenoxy) is 1. The number of hydrogen-bond donors (Lipinski definition) is 1. The first-order chi connectivity index (χ1) is 12.6. The number of fused-ring (bicyclic) bond motifs is 1. The van der Waals surface area contributed by atoms with E-state index in [1.165, 1.54) is 10.9 Å². The van der Waals surface area contributed by atoms with Crippen LogP contribution in [0.4, 0.5) is 0 Å². The molecule has 2 aromatic rings. The molecule has 0 atom stereocenters. The number of morpholine rings is 1. The number of halogens is 1. The summed E-state index contributed by atoms with van der Waals surface area (Å²) in [6.45, 7) is 5.43. The molecule has 1 N–H and O–H groups in total. The Bertz CT molecular complexity index is 818. The largest absolute Gasteiger partial charge is 0.379 e. The zero-order valence-corrected chi connectivity index (χ0v) is 16.2. The first-order valence-corrected chi connectivity index (χ1v) is 9.64. The van der Waals surface area contributed by atoms with Crippen LogP contribution in [0.1, 0.15) is 12.8 Å². The second-order valence-electron chi connectivity index (χ2n) is 6.31. The fourth-order valence-corrected chi connectivity index (χ4v) is 3.32. The number of carbonyl (C=O) groups excluding carboxylic acids is 1. The van der Waals surface area contributed by atoms with Crippen LogP contribution >= 0.6 is 15.9 Å². The number of amides is 1. The summed E-state index contributed by atoms with van der Waals surface area (Å²) in [6.07, 6.45) is 2.68. The van der Waals surface area contributed by atoms with Gasteiger partial charge in [-0.15, -0.1) is 0 Å². The van der Waals surface area contributed by atoms with Gasteiger partial charge in [0.15, 0.2) is 0 Å². The van der Waals surface area contributed by atoms with Crippen LogP contribution in [0.25, 0.3) is 10.9 Å². The molecule has 0 unspecified atom stereocenters. The van der Waals surface area contributed by atoms with E-state index in [4.69, 9.17) is 4.74 Å². The minimum absolute atomic E-state index is 0.0479. The molecule has 0 aliphatic carbocycles. The molecule has 0 saturated carbocycles. The van der Waals surface area contributed by atoms with Crippen molar-refractivity contribution in [3.8, 4) is 0 Å². The predicted molar refractivity (Wildman–Crippen MR) is 103 cm³/mol. The maximum atomic E-state index is 12.5. The van der Waals surface area contributed by atoms with Crippen LogP contribution in [0.3, 0.4) is 0 Å². The normalized spacial score (nSPS) is 15.3. The van der Waals surface area contributed by atoms with Crippen molar-refractivity contribution in [3.05, 3.63) is 39.4 Å². The Labute approximate surface area is 160 Å². The lowest BCUT2D eigenvalue weighted by Crippen LogP contribution is -2.38. The Morgan fingerprint density at radius 3 is 2.88 bits per heavy atom. The van der Waals surface area contributed by atoms with Crippen molar-refractivity contribution >= 4 is 32.7 Å². The molecule has 0 radical (unpaired) electrons. The monoisotopic (exact) mass is 422 g/mol. The standard InChI is InChI=1S/C18H23BrN4O3/c19-14-2-3-16-15(12-14)18(25)23(13-21-16)7-4-17(24)20-5-1-6-22-8-10-26-11-9-22/h2-3,12-13H,1,4-11H2,(H,20,24). The molecule has 1 saturated heterocycles. The lowest BCUT2D eigenvalue weighted by atomic mass is 10.2. The summed E-state index contributed by atoms with van der Waals surface area (Å²) >= 11 is 3.37. The average molecular weight is 423 g/mol. The number of benzene rings is 1. The molecule has 0 bridgehead atoms. The van der Waals surface area contributed by atoms with Crippen LogP contribution < -0.4 is 10.9 Å². The molecule has 26 heavy (non-hydrogen) atoms. The second kappa shape index (κ2) is 9.25. The number of nitrogens with zero attached hydrogens (tertiary/aromatic N) is 3. The summed E-state index contributed by atoms with van der Waals surface area (Å²) in [6, 6.07) is 5.41. The summed E-state index contributed by atoms with van der Waals surface area (Å²) in [4.78, 5) is 31.1. The summed E-state index contributed by atoms with van der Waals surface area (Å²) in [5.41, 5.74) is 0.526. The van der Waals surface area contributed by atoms with E-state index in [1.807, 2.05) is 6.07 Å². The molecule has 1 aromatic heterocycles. The maximum absolute atomic E-state index is 12.5. The SMILES string of the molecule is O=C(CCn1cnc2ccc(Br)cc2c1=O)NCCCN1CCOCC1. The van der Waals surface area contributed by atoms with Crippen molar-refractivity contribution < 1.29 is 9.53 Å². The summed E-state index contributed by atoms with van der Waals surface area (Å²) in [5.74, 6) is -0.0479. The van der Waals surface area contributed by atoms with Gasteiger partial charge in [-0.3, -0.25) is 19.1 Å². The molecule has 1 amide bonds. The van der Waals surface area contributed by atoms with Gasteiger partial charge in [-0.05, 0) is 31.2 Å². The van der Waals surface area contributed by atoms with Gasteiger partial charge in [0.1, 0.15) is 0 Å². The van der Waals surface area contributed by atoms with Gasteiger partial charge in [-0.1, -0.05) is 15.9 Å². The van der Waals surface area contributed by atoms with Gasteiger partial charge in [0, 0.05) is 37.1 Å².